The zero-order valence-corrected chi connectivity index (χ0v) is 18.5. The second-order valence-electron chi connectivity index (χ2n) is 7.36. The number of rotatable bonds is 6. The Kier molecular flexibility index (Phi) is 6.87. The number of hydrogen-bond acceptors (Lipinski definition) is 5. The van der Waals surface area contributed by atoms with Crippen LogP contribution in [0.3, 0.4) is 0 Å². The lowest BCUT2D eigenvalue weighted by Crippen LogP contribution is -2.52. The minimum atomic E-state index is -4.63. The van der Waals surface area contributed by atoms with Crippen molar-refractivity contribution < 1.29 is 31.1 Å². The first-order valence-electron chi connectivity index (χ1n) is 9.81. The minimum absolute atomic E-state index is 0.205. The van der Waals surface area contributed by atoms with Crippen molar-refractivity contribution in [3.8, 4) is 5.75 Å². The normalized spacial score (nSPS) is 14.9. The summed E-state index contributed by atoms with van der Waals surface area (Å²) in [5, 5.41) is 0. The quantitative estimate of drug-likeness (QED) is 0.648. The largest absolute Gasteiger partial charge is 0.495 e. The summed E-state index contributed by atoms with van der Waals surface area (Å²) in [6, 6.07) is 11.4. The zero-order chi connectivity index (χ0) is 23.5. The van der Waals surface area contributed by atoms with Gasteiger partial charge in [-0.1, -0.05) is 18.2 Å². The van der Waals surface area contributed by atoms with Crippen molar-refractivity contribution >= 4 is 27.3 Å². The molecule has 3 rings (SSSR count). The Labute approximate surface area is 185 Å². The summed E-state index contributed by atoms with van der Waals surface area (Å²) in [6.07, 6.45) is -3.77. The lowest BCUT2D eigenvalue weighted by molar-refractivity contribution is -0.137. The molecule has 1 aliphatic rings. The summed E-state index contributed by atoms with van der Waals surface area (Å²) < 4.78 is 69.8. The molecule has 1 saturated heterocycles. The maximum atomic E-state index is 13.1. The molecule has 0 radical (unpaired) electrons. The molecule has 0 atom stereocenters. The third-order valence-electron chi connectivity index (χ3n) is 5.20. The van der Waals surface area contributed by atoms with Gasteiger partial charge in [0.2, 0.25) is 15.9 Å². The molecule has 0 saturated carbocycles. The Morgan fingerprint density at radius 1 is 1.06 bits per heavy atom. The van der Waals surface area contributed by atoms with Crippen LogP contribution >= 0.6 is 0 Å². The molecule has 0 unspecified atom stereocenters. The number of alkyl halides is 3. The third-order valence-corrected chi connectivity index (χ3v) is 6.34. The van der Waals surface area contributed by atoms with Gasteiger partial charge in [-0.05, 0) is 30.3 Å². The number of sulfonamides is 1. The molecule has 0 aliphatic carbocycles. The van der Waals surface area contributed by atoms with Crippen molar-refractivity contribution in [1.29, 1.82) is 0 Å². The average molecular weight is 472 g/mol. The van der Waals surface area contributed by atoms with Crippen molar-refractivity contribution in [2.45, 2.75) is 6.18 Å². The van der Waals surface area contributed by atoms with E-state index in [4.69, 9.17) is 4.74 Å². The predicted octanol–water partition coefficient (Wildman–Crippen LogP) is 2.83. The summed E-state index contributed by atoms with van der Waals surface area (Å²) in [7, 11) is -2.41. The standard InChI is InChI=1S/C21H24F3N3O4S/c1-31-19-9-4-3-8-18(19)25-10-12-26(13-11-25)20(28)15-27(32(2,29)30)17-7-5-6-16(14-17)21(22,23)24/h3-9,14H,10-13,15H2,1-2H3. The molecule has 0 aromatic heterocycles. The lowest BCUT2D eigenvalue weighted by atomic mass is 10.2. The molecular weight excluding hydrogens is 447 g/mol. The molecule has 0 bridgehead atoms. The van der Waals surface area contributed by atoms with Crippen LogP contribution in [0.4, 0.5) is 24.5 Å². The smallest absolute Gasteiger partial charge is 0.416 e. The number of nitrogens with zero attached hydrogens (tertiary/aromatic N) is 3. The molecular formula is C21H24F3N3O4S. The van der Waals surface area contributed by atoms with Crippen LogP contribution in [0, 0.1) is 0 Å². The van der Waals surface area contributed by atoms with Crippen LogP contribution in [0.25, 0.3) is 0 Å². The van der Waals surface area contributed by atoms with Crippen molar-refractivity contribution in [2.24, 2.45) is 0 Å². The van der Waals surface area contributed by atoms with Gasteiger partial charge < -0.3 is 14.5 Å². The zero-order valence-electron chi connectivity index (χ0n) is 17.7. The van der Waals surface area contributed by atoms with Gasteiger partial charge in [0.1, 0.15) is 12.3 Å². The first-order chi connectivity index (χ1) is 15.0. The van der Waals surface area contributed by atoms with Crippen LogP contribution in [0.2, 0.25) is 0 Å². The number of halogens is 3. The molecule has 1 fully saturated rings. The predicted molar refractivity (Wildman–Crippen MR) is 115 cm³/mol. The van der Waals surface area contributed by atoms with Crippen LogP contribution in [0.15, 0.2) is 48.5 Å². The monoisotopic (exact) mass is 471 g/mol. The molecule has 2 aromatic rings. The van der Waals surface area contributed by atoms with Crippen molar-refractivity contribution in [2.75, 3.05) is 55.3 Å². The SMILES string of the molecule is COc1ccccc1N1CCN(C(=O)CN(c2cccc(C(F)(F)F)c2)S(C)(=O)=O)CC1. The fraction of sp³-hybridized carbons (Fsp3) is 0.381. The Morgan fingerprint density at radius 3 is 2.31 bits per heavy atom. The molecule has 174 valence electrons. The van der Waals surface area contributed by atoms with Gasteiger partial charge in [0.05, 0.1) is 30.3 Å². The average Bonchev–Trinajstić information content (AvgIpc) is 2.76. The molecule has 1 heterocycles. The van der Waals surface area contributed by atoms with Gasteiger partial charge in [0, 0.05) is 26.2 Å². The van der Waals surface area contributed by atoms with Gasteiger partial charge in [-0.2, -0.15) is 13.2 Å². The highest BCUT2D eigenvalue weighted by Gasteiger charge is 2.32. The van der Waals surface area contributed by atoms with Gasteiger partial charge in [0.15, 0.2) is 0 Å². The number of hydrogen-bond donors (Lipinski definition) is 0. The molecule has 2 aromatic carbocycles. The summed E-state index contributed by atoms with van der Waals surface area (Å²) >= 11 is 0. The molecule has 1 aliphatic heterocycles. The highest BCUT2D eigenvalue weighted by atomic mass is 32.2. The van der Waals surface area contributed by atoms with Crippen LogP contribution in [0.5, 0.6) is 5.75 Å². The van der Waals surface area contributed by atoms with Gasteiger partial charge >= 0.3 is 6.18 Å². The topological polar surface area (TPSA) is 70.2 Å². The number of amides is 1. The van der Waals surface area contributed by atoms with Gasteiger partial charge in [-0.15, -0.1) is 0 Å². The van der Waals surface area contributed by atoms with Crippen molar-refractivity contribution in [3.63, 3.8) is 0 Å². The fourth-order valence-electron chi connectivity index (χ4n) is 3.55. The number of ether oxygens (including phenoxy) is 1. The third kappa shape index (κ3) is 5.45. The van der Waals surface area contributed by atoms with E-state index in [1.165, 1.54) is 11.0 Å². The fourth-order valence-corrected chi connectivity index (χ4v) is 4.39. The van der Waals surface area contributed by atoms with E-state index < -0.39 is 34.2 Å². The molecule has 32 heavy (non-hydrogen) atoms. The minimum Gasteiger partial charge on any atom is -0.495 e. The molecule has 0 spiro atoms. The van der Waals surface area contributed by atoms with Gasteiger partial charge in [-0.25, -0.2) is 8.42 Å². The first-order valence-corrected chi connectivity index (χ1v) is 11.7. The maximum absolute atomic E-state index is 13.1. The molecule has 1 amide bonds. The van der Waals surface area contributed by atoms with E-state index in [1.54, 1.807) is 7.11 Å². The second-order valence-corrected chi connectivity index (χ2v) is 9.26. The first kappa shape index (κ1) is 23.7. The number of para-hydroxylation sites is 2. The second kappa shape index (κ2) is 9.27. The lowest BCUT2D eigenvalue weighted by Gasteiger charge is -2.37. The Hall–Kier alpha value is -2.95. The van der Waals surface area contributed by atoms with E-state index in [0.29, 0.717) is 36.2 Å². The maximum Gasteiger partial charge on any atom is 0.416 e. The summed E-state index contributed by atoms with van der Waals surface area (Å²) in [5.74, 6) is 0.229. The number of carbonyl (C=O) groups excluding carboxylic acids is 1. The van der Waals surface area contributed by atoms with Crippen LogP contribution < -0.4 is 13.9 Å². The van der Waals surface area contributed by atoms with E-state index in [1.807, 2.05) is 24.3 Å². The van der Waals surface area contributed by atoms with E-state index in [2.05, 4.69) is 4.90 Å². The molecule has 7 nitrogen and oxygen atoms in total. The van der Waals surface area contributed by atoms with Crippen LogP contribution in [-0.4, -0.2) is 65.3 Å². The Bertz CT molecular complexity index is 1070. The van der Waals surface area contributed by atoms with Gasteiger partial charge in [0.25, 0.3) is 0 Å². The van der Waals surface area contributed by atoms with Crippen molar-refractivity contribution in [1.82, 2.24) is 4.90 Å². The Morgan fingerprint density at radius 2 is 1.72 bits per heavy atom. The molecule has 0 N–H and O–H groups in total. The number of piperazine rings is 1. The van der Waals surface area contributed by atoms with Gasteiger partial charge in [-0.3, -0.25) is 9.10 Å². The highest BCUT2D eigenvalue weighted by Crippen LogP contribution is 2.32. The number of benzene rings is 2. The Balaban J connectivity index is 1.72. The number of methoxy groups -OCH3 is 1. The van der Waals surface area contributed by atoms with E-state index in [9.17, 15) is 26.4 Å². The summed E-state index contributed by atoms with van der Waals surface area (Å²) in [6.45, 7) is 1.13. The summed E-state index contributed by atoms with van der Waals surface area (Å²) in [4.78, 5) is 16.4. The number of anilines is 2. The van der Waals surface area contributed by atoms with E-state index in [0.717, 1.165) is 30.1 Å². The number of carbonyl (C=O) groups is 1. The van der Waals surface area contributed by atoms with Crippen LogP contribution in [0.1, 0.15) is 5.56 Å². The van der Waals surface area contributed by atoms with Crippen LogP contribution in [-0.2, 0) is 21.0 Å². The molecule has 11 heteroatoms. The van der Waals surface area contributed by atoms with Crippen molar-refractivity contribution in [3.05, 3.63) is 54.1 Å². The highest BCUT2D eigenvalue weighted by molar-refractivity contribution is 7.92. The van der Waals surface area contributed by atoms with E-state index in [-0.39, 0.29) is 5.69 Å². The van der Waals surface area contributed by atoms with E-state index >= 15 is 0 Å². The summed E-state index contributed by atoms with van der Waals surface area (Å²) in [5.41, 5.74) is -0.298.